The molecule has 0 amide bonds. The van der Waals surface area contributed by atoms with Crippen LogP contribution in [0.3, 0.4) is 0 Å². The third-order valence-corrected chi connectivity index (χ3v) is 3.04. The predicted molar refractivity (Wildman–Crippen MR) is 61.6 cm³/mol. The van der Waals surface area contributed by atoms with Crippen molar-refractivity contribution in [3.63, 3.8) is 0 Å². The minimum absolute atomic E-state index is 0.201. The summed E-state index contributed by atoms with van der Waals surface area (Å²) in [5.74, 6) is -0.0946. The maximum Gasteiger partial charge on any atom is 0.143 e. The van der Waals surface area contributed by atoms with Gasteiger partial charge in [-0.25, -0.2) is 4.39 Å². The molecule has 0 aliphatic heterocycles. The van der Waals surface area contributed by atoms with Crippen molar-refractivity contribution in [2.45, 2.75) is 13.0 Å². The number of rotatable bonds is 2. The van der Waals surface area contributed by atoms with Crippen LogP contribution in [0.25, 0.3) is 0 Å². The summed E-state index contributed by atoms with van der Waals surface area (Å²) in [6.07, 6.45) is 0.400. The summed E-state index contributed by atoms with van der Waals surface area (Å²) in [6.45, 7) is 1.80. The zero-order valence-electron chi connectivity index (χ0n) is 8.58. The van der Waals surface area contributed by atoms with Crippen LogP contribution in [0.1, 0.15) is 23.0 Å². The molecule has 0 saturated heterocycles. The number of halogens is 2. The Morgan fingerprint density at radius 1 is 1.38 bits per heavy atom. The summed E-state index contributed by atoms with van der Waals surface area (Å²) in [6, 6.07) is 6.52. The Labute approximate surface area is 101 Å². The molecule has 0 bridgehead atoms. The van der Waals surface area contributed by atoms with E-state index < -0.39 is 11.9 Å². The van der Waals surface area contributed by atoms with E-state index in [-0.39, 0.29) is 5.56 Å². The van der Waals surface area contributed by atoms with Crippen LogP contribution in [-0.4, -0.2) is 5.11 Å². The fraction of sp³-hybridized carbons (Fsp3) is 0.167. The van der Waals surface area contributed by atoms with Crippen molar-refractivity contribution < 1.29 is 13.9 Å². The van der Waals surface area contributed by atoms with Crippen molar-refractivity contribution >= 4 is 15.9 Å². The first-order valence-corrected chi connectivity index (χ1v) is 5.56. The highest BCUT2D eigenvalue weighted by molar-refractivity contribution is 9.10. The number of hydrogen-bond donors (Lipinski definition) is 1. The van der Waals surface area contributed by atoms with Gasteiger partial charge in [0.15, 0.2) is 0 Å². The van der Waals surface area contributed by atoms with Gasteiger partial charge in [0.1, 0.15) is 17.7 Å². The molecule has 0 fully saturated rings. The molecule has 16 heavy (non-hydrogen) atoms. The summed E-state index contributed by atoms with van der Waals surface area (Å²) in [5, 5.41) is 10.0. The molecule has 1 atom stereocenters. The number of benzene rings is 1. The van der Waals surface area contributed by atoms with Crippen molar-refractivity contribution in [2.24, 2.45) is 0 Å². The molecular weight excluding hydrogens is 275 g/mol. The maximum absolute atomic E-state index is 13.7. The van der Waals surface area contributed by atoms with Crippen LogP contribution >= 0.6 is 15.9 Å². The van der Waals surface area contributed by atoms with Gasteiger partial charge in [0.05, 0.1) is 10.7 Å². The summed E-state index contributed by atoms with van der Waals surface area (Å²) < 4.78 is 19.2. The lowest BCUT2D eigenvalue weighted by Gasteiger charge is -2.11. The van der Waals surface area contributed by atoms with Gasteiger partial charge in [-0.1, -0.05) is 12.1 Å². The summed E-state index contributed by atoms with van der Waals surface area (Å²) in [5.41, 5.74) is 0.999. The molecule has 2 aromatic rings. The Morgan fingerprint density at radius 2 is 2.12 bits per heavy atom. The fourth-order valence-corrected chi connectivity index (χ4v) is 1.92. The summed E-state index contributed by atoms with van der Waals surface area (Å²) in [7, 11) is 0. The molecular formula is C12H10BrFO2. The average Bonchev–Trinajstić information content (AvgIpc) is 2.68. The summed E-state index contributed by atoms with van der Waals surface area (Å²) in [4.78, 5) is 0. The van der Waals surface area contributed by atoms with E-state index in [2.05, 4.69) is 15.9 Å². The molecule has 0 saturated carbocycles. The van der Waals surface area contributed by atoms with Crippen LogP contribution in [0.5, 0.6) is 0 Å². The molecule has 84 valence electrons. The molecule has 0 aliphatic carbocycles. The van der Waals surface area contributed by atoms with E-state index >= 15 is 0 Å². The van der Waals surface area contributed by atoms with Crippen molar-refractivity contribution in [1.82, 2.24) is 0 Å². The van der Waals surface area contributed by atoms with E-state index in [0.717, 1.165) is 5.56 Å². The number of aliphatic hydroxyl groups excluding tert-OH is 1. The zero-order valence-corrected chi connectivity index (χ0v) is 10.2. The number of aliphatic hydroxyl groups is 1. The standard InChI is InChI=1S/C12H10BrFO2/c1-7-5-6-16-12(7)11(15)8-3-2-4-9(13)10(8)14/h2-6,11,15H,1H3. The first-order chi connectivity index (χ1) is 7.61. The van der Waals surface area contributed by atoms with Crippen molar-refractivity contribution in [3.8, 4) is 0 Å². The number of aryl methyl sites for hydroxylation is 1. The van der Waals surface area contributed by atoms with E-state index in [1.165, 1.54) is 12.3 Å². The predicted octanol–water partition coefficient (Wildman–Crippen LogP) is 3.57. The second kappa shape index (κ2) is 4.39. The Balaban J connectivity index is 2.46. The van der Waals surface area contributed by atoms with Crippen molar-refractivity contribution in [1.29, 1.82) is 0 Å². The second-order valence-electron chi connectivity index (χ2n) is 3.51. The van der Waals surface area contributed by atoms with Crippen LogP contribution < -0.4 is 0 Å². The highest BCUT2D eigenvalue weighted by Crippen LogP contribution is 2.30. The van der Waals surface area contributed by atoms with Gasteiger partial charge in [0.25, 0.3) is 0 Å². The number of furan rings is 1. The van der Waals surface area contributed by atoms with Gasteiger partial charge in [-0.05, 0) is 40.5 Å². The highest BCUT2D eigenvalue weighted by Gasteiger charge is 2.20. The molecule has 2 rings (SSSR count). The first-order valence-electron chi connectivity index (χ1n) is 4.77. The van der Waals surface area contributed by atoms with Gasteiger partial charge < -0.3 is 9.52 Å². The zero-order chi connectivity index (χ0) is 11.7. The molecule has 1 aromatic carbocycles. The van der Waals surface area contributed by atoms with Gasteiger partial charge in [-0.15, -0.1) is 0 Å². The smallest absolute Gasteiger partial charge is 0.143 e. The van der Waals surface area contributed by atoms with Crippen molar-refractivity contribution in [3.05, 3.63) is 57.7 Å². The monoisotopic (exact) mass is 284 g/mol. The fourth-order valence-electron chi connectivity index (χ4n) is 1.54. The number of hydrogen-bond acceptors (Lipinski definition) is 2. The lowest BCUT2D eigenvalue weighted by Crippen LogP contribution is -2.03. The Bertz CT molecular complexity index is 507. The van der Waals surface area contributed by atoms with Gasteiger partial charge in [-0.3, -0.25) is 0 Å². The van der Waals surface area contributed by atoms with E-state index in [0.29, 0.717) is 10.2 Å². The molecule has 1 heterocycles. The molecule has 0 radical (unpaired) electrons. The Morgan fingerprint density at radius 3 is 2.75 bits per heavy atom. The largest absolute Gasteiger partial charge is 0.466 e. The minimum Gasteiger partial charge on any atom is -0.466 e. The van der Waals surface area contributed by atoms with Gasteiger partial charge in [-0.2, -0.15) is 0 Å². The van der Waals surface area contributed by atoms with E-state index in [4.69, 9.17) is 4.42 Å². The average molecular weight is 285 g/mol. The maximum atomic E-state index is 13.7. The van der Waals surface area contributed by atoms with E-state index in [1.807, 2.05) is 0 Å². The van der Waals surface area contributed by atoms with Gasteiger partial charge in [0, 0.05) is 5.56 Å². The quantitative estimate of drug-likeness (QED) is 0.915. The molecule has 2 nitrogen and oxygen atoms in total. The molecule has 0 spiro atoms. The molecule has 4 heteroatoms. The Kier molecular flexibility index (Phi) is 3.12. The third-order valence-electron chi connectivity index (χ3n) is 2.43. The lowest BCUT2D eigenvalue weighted by atomic mass is 10.0. The normalized spacial score (nSPS) is 12.8. The third kappa shape index (κ3) is 1.90. The van der Waals surface area contributed by atoms with Crippen molar-refractivity contribution in [2.75, 3.05) is 0 Å². The topological polar surface area (TPSA) is 33.4 Å². The summed E-state index contributed by atoms with van der Waals surface area (Å²) >= 11 is 3.08. The molecule has 1 N–H and O–H groups in total. The molecule has 1 aromatic heterocycles. The van der Waals surface area contributed by atoms with Crippen LogP contribution in [0.2, 0.25) is 0 Å². The van der Waals surface area contributed by atoms with Crippen LogP contribution in [0.4, 0.5) is 4.39 Å². The lowest BCUT2D eigenvalue weighted by molar-refractivity contribution is 0.183. The van der Waals surface area contributed by atoms with Gasteiger partial charge in [0.2, 0.25) is 0 Å². The Hall–Kier alpha value is -1.13. The first kappa shape index (κ1) is 11.4. The second-order valence-corrected chi connectivity index (χ2v) is 4.37. The van der Waals surface area contributed by atoms with E-state index in [9.17, 15) is 9.50 Å². The van der Waals surface area contributed by atoms with Crippen LogP contribution in [0.15, 0.2) is 39.4 Å². The highest BCUT2D eigenvalue weighted by atomic mass is 79.9. The van der Waals surface area contributed by atoms with E-state index in [1.54, 1.807) is 25.1 Å². The SMILES string of the molecule is Cc1ccoc1C(O)c1cccc(Br)c1F. The van der Waals surface area contributed by atoms with Crippen LogP contribution in [0, 0.1) is 12.7 Å². The molecule has 0 aliphatic rings. The van der Waals surface area contributed by atoms with Crippen LogP contribution in [-0.2, 0) is 0 Å². The van der Waals surface area contributed by atoms with Gasteiger partial charge >= 0.3 is 0 Å². The molecule has 1 unspecified atom stereocenters. The minimum atomic E-state index is -1.08.